The molecule has 18 heavy (non-hydrogen) atoms. The molecule has 1 rings (SSSR count). The molecule has 1 atom stereocenters. The Kier molecular flexibility index (Phi) is 8.82. The van der Waals surface area contributed by atoms with E-state index in [4.69, 9.17) is 22.2 Å². The van der Waals surface area contributed by atoms with Crippen molar-refractivity contribution in [2.24, 2.45) is 0 Å². The number of hydrogen-bond donors (Lipinski definition) is 0. The van der Waals surface area contributed by atoms with Gasteiger partial charge in [0.05, 0.1) is 0 Å². The summed E-state index contributed by atoms with van der Waals surface area (Å²) in [6, 6.07) is 10.5. The topological polar surface area (TPSA) is 0 Å². The summed E-state index contributed by atoms with van der Waals surface area (Å²) in [4.78, 5) is 0. The fourth-order valence-electron chi connectivity index (χ4n) is 2.28. The molecule has 0 N–H and O–H groups in total. The summed E-state index contributed by atoms with van der Waals surface area (Å²) in [7, 11) is -1.63. The Labute approximate surface area is 123 Å². The summed E-state index contributed by atoms with van der Waals surface area (Å²) in [5, 5.41) is 0. The minimum Gasteiger partial charge on any atom is -0.150 e. The van der Waals surface area contributed by atoms with Gasteiger partial charge >= 0.3 is 0 Å². The van der Waals surface area contributed by atoms with E-state index in [9.17, 15) is 0 Å². The maximum Gasteiger partial charge on any atom is 0.244 e. The fraction of sp³-hybridized carbons (Fsp3) is 0.600. The molecule has 1 aromatic rings. The van der Waals surface area contributed by atoms with Crippen molar-refractivity contribution in [2.45, 2.75) is 57.4 Å². The molecule has 0 fully saturated rings. The van der Waals surface area contributed by atoms with Gasteiger partial charge in [0.1, 0.15) is 0 Å². The smallest absolute Gasteiger partial charge is 0.150 e. The van der Waals surface area contributed by atoms with E-state index in [2.05, 4.69) is 31.2 Å². The first-order valence-corrected chi connectivity index (χ1v) is 11.2. The average molecular weight is 303 g/mol. The van der Waals surface area contributed by atoms with Crippen molar-refractivity contribution in [2.75, 3.05) is 0 Å². The summed E-state index contributed by atoms with van der Waals surface area (Å²) in [6.07, 6.45) is 9.13. The van der Waals surface area contributed by atoms with Crippen molar-refractivity contribution in [3.63, 3.8) is 0 Å². The van der Waals surface area contributed by atoms with Crippen molar-refractivity contribution in [3.8, 4) is 0 Å². The molecule has 0 nitrogen and oxygen atoms in total. The molecule has 0 aliphatic carbocycles. The molecule has 3 heteroatoms. The van der Waals surface area contributed by atoms with Crippen LogP contribution >= 0.6 is 22.2 Å². The van der Waals surface area contributed by atoms with Gasteiger partial charge in [0.2, 0.25) is 7.42 Å². The first-order chi connectivity index (χ1) is 8.75. The molecular weight excluding hydrogens is 279 g/mol. The zero-order valence-corrected chi connectivity index (χ0v) is 13.9. The molecule has 1 aromatic carbocycles. The van der Waals surface area contributed by atoms with Crippen LogP contribution < -0.4 is 0 Å². The SMILES string of the molecule is CCCCCCCCC(c1ccccc1)[SiH](Cl)Cl. The van der Waals surface area contributed by atoms with Crippen LogP contribution in [0.5, 0.6) is 0 Å². The second-order valence-electron chi connectivity index (χ2n) is 4.91. The van der Waals surface area contributed by atoms with E-state index in [1.807, 2.05) is 6.07 Å². The normalized spacial score (nSPS) is 12.9. The summed E-state index contributed by atoms with van der Waals surface area (Å²) >= 11 is 12.5. The molecule has 0 radical (unpaired) electrons. The van der Waals surface area contributed by atoms with Crippen LogP contribution in [0.1, 0.15) is 63.0 Å². The Morgan fingerprint density at radius 3 is 2.17 bits per heavy atom. The van der Waals surface area contributed by atoms with Gasteiger partial charge < -0.3 is 0 Å². The van der Waals surface area contributed by atoms with Crippen molar-refractivity contribution in [1.82, 2.24) is 0 Å². The molecule has 0 aliphatic rings. The van der Waals surface area contributed by atoms with Gasteiger partial charge in [-0.3, -0.25) is 0 Å². The highest BCUT2D eigenvalue weighted by atomic mass is 35.7. The van der Waals surface area contributed by atoms with Gasteiger partial charge in [-0.1, -0.05) is 75.8 Å². The van der Waals surface area contributed by atoms with E-state index in [0.29, 0.717) is 5.54 Å². The number of hydrogen-bond acceptors (Lipinski definition) is 0. The quantitative estimate of drug-likeness (QED) is 0.309. The summed E-state index contributed by atoms with van der Waals surface area (Å²) < 4.78 is 0. The summed E-state index contributed by atoms with van der Waals surface area (Å²) in [5.74, 6) is 0. The van der Waals surface area contributed by atoms with Gasteiger partial charge in [-0.15, -0.1) is 22.2 Å². The van der Waals surface area contributed by atoms with E-state index in [1.54, 1.807) is 0 Å². The molecule has 0 aliphatic heterocycles. The van der Waals surface area contributed by atoms with Gasteiger partial charge in [-0.2, -0.15) is 0 Å². The minimum absolute atomic E-state index is 0.417. The molecule has 0 saturated carbocycles. The fourth-order valence-corrected chi connectivity index (χ4v) is 4.91. The van der Waals surface area contributed by atoms with Gasteiger partial charge in [-0.05, 0) is 12.0 Å². The van der Waals surface area contributed by atoms with Crippen LogP contribution in [-0.4, -0.2) is 7.42 Å². The second-order valence-corrected chi connectivity index (χ2v) is 9.87. The highest BCUT2D eigenvalue weighted by molar-refractivity contribution is 7.34. The second kappa shape index (κ2) is 9.88. The Morgan fingerprint density at radius 1 is 0.944 bits per heavy atom. The van der Waals surface area contributed by atoms with Crippen LogP contribution in [0.4, 0.5) is 0 Å². The number of unbranched alkanes of at least 4 members (excludes halogenated alkanes) is 5. The van der Waals surface area contributed by atoms with Crippen LogP contribution in [0.2, 0.25) is 0 Å². The lowest BCUT2D eigenvalue weighted by atomic mass is 10.0. The Hall–Kier alpha value is 0.0169. The van der Waals surface area contributed by atoms with E-state index < -0.39 is 7.42 Å². The Balaban J connectivity index is 2.31. The maximum atomic E-state index is 6.25. The predicted molar refractivity (Wildman–Crippen MR) is 86.0 cm³/mol. The molecule has 102 valence electrons. The van der Waals surface area contributed by atoms with Crippen molar-refractivity contribution < 1.29 is 0 Å². The van der Waals surface area contributed by atoms with Crippen LogP contribution in [0.15, 0.2) is 30.3 Å². The highest BCUT2D eigenvalue weighted by Gasteiger charge is 2.20. The number of benzene rings is 1. The highest BCUT2D eigenvalue weighted by Crippen LogP contribution is 2.29. The van der Waals surface area contributed by atoms with E-state index in [-0.39, 0.29) is 0 Å². The average Bonchev–Trinajstić information content (AvgIpc) is 2.38. The molecule has 0 bridgehead atoms. The van der Waals surface area contributed by atoms with Gasteiger partial charge in [0, 0.05) is 5.54 Å². The van der Waals surface area contributed by atoms with E-state index >= 15 is 0 Å². The van der Waals surface area contributed by atoms with Gasteiger partial charge in [0.15, 0.2) is 0 Å². The van der Waals surface area contributed by atoms with Crippen LogP contribution in [0.3, 0.4) is 0 Å². The minimum atomic E-state index is -1.63. The predicted octanol–water partition coefficient (Wildman–Crippen LogP) is 5.76. The monoisotopic (exact) mass is 302 g/mol. The molecule has 0 amide bonds. The van der Waals surface area contributed by atoms with E-state index in [1.165, 1.54) is 44.1 Å². The Bertz CT molecular complexity index is 301. The van der Waals surface area contributed by atoms with Crippen molar-refractivity contribution >= 4 is 29.6 Å². The zero-order chi connectivity index (χ0) is 13.2. The van der Waals surface area contributed by atoms with E-state index in [0.717, 1.165) is 6.42 Å². The lowest BCUT2D eigenvalue weighted by Crippen LogP contribution is -2.11. The first kappa shape index (κ1) is 16.1. The van der Waals surface area contributed by atoms with Gasteiger partial charge in [-0.25, -0.2) is 0 Å². The lowest BCUT2D eigenvalue weighted by molar-refractivity contribution is 0.583. The molecule has 0 heterocycles. The largest absolute Gasteiger partial charge is 0.244 e. The third-order valence-corrected chi connectivity index (χ3v) is 6.55. The molecule has 1 unspecified atom stereocenters. The first-order valence-electron chi connectivity index (χ1n) is 7.08. The summed E-state index contributed by atoms with van der Waals surface area (Å²) in [5.41, 5.74) is 1.74. The third kappa shape index (κ3) is 6.26. The number of halogens is 2. The van der Waals surface area contributed by atoms with Crippen molar-refractivity contribution in [1.29, 1.82) is 0 Å². The zero-order valence-electron chi connectivity index (χ0n) is 11.2. The van der Waals surface area contributed by atoms with Crippen LogP contribution in [0.25, 0.3) is 0 Å². The van der Waals surface area contributed by atoms with Gasteiger partial charge in [0.25, 0.3) is 0 Å². The standard InChI is InChI=1S/C15H24Cl2Si/c1-2-3-4-5-6-10-13-15(18(16)17)14-11-8-7-9-12-14/h7-9,11-12,15,18H,2-6,10,13H2,1H3. The summed E-state index contributed by atoms with van der Waals surface area (Å²) in [6.45, 7) is 2.25. The molecule has 0 aromatic heterocycles. The maximum absolute atomic E-state index is 6.25. The Morgan fingerprint density at radius 2 is 1.56 bits per heavy atom. The third-order valence-electron chi connectivity index (χ3n) is 3.40. The van der Waals surface area contributed by atoms with Crippen LogP contribution in [0, 0.1) is 0 Å². The van der Waals surface area contributed by atoms with Crippen molar-refractivity contribution in [3.05, 3.63) is 35.9 Å². The molecule has 0 saturated heterocycles. The van der Waals surface area contributed by atoms with Crippen LogP contribution in [-0.2, 0) is 0 Å². The molecule has 0 spiro atoms. The number of rotatable bonds is 9. The molecular formula is C15H24Cl2Si. The lowest BCUT2D eigenvalue weighted by Gasteiger charge is -2.17.